The number of amides is 1. The Morgan fingerprint density at radius 2 is 1.86 bits per heavy atom. The molecule has 3 atom stereocenters. The number of hydrogen-bond acceptors (Lipinski definition) is 5. The summed E-state index contributed by atoms with van der Waals surface area (Å²) >= 11 is 0. The molecule has 22 heavy (non-hydrogen) atoms. The van der Waals surface area contributed by atoms with E-state index in [1.54, 1.807) is 0 Å². The number of carbonyl (C=O) groups is 2. The molecule has 0 aliphatic carbocycles. The summed E-state index contributed by atoms with van der Waals surface area (Å²) in [7, 11) is 0. The Hall–Kier alpha value is -1.96. The van der Waals surface area contributed by atoms with Crippen molar-refractivity contribution in [3.8, 4) is 0 Å². The molecule has 1 aliphatic heterocycles. The third-order valence-corrected chi connectivity index (χ3v) is 3.91. The van der Waals surface area contributed by atoms with Crippen molar-refractivity contribution >= 4 is 11.9 Å². The Balaban J connectivity index is 2.17. The smallest absolute Gasteiger partial charge is 0.326 e. The number of benzene rings is 1. The minimum absolute atomic E-state index is 0.190. The van der Waals surface area contributed by atoms with Gasteiger partial charge < -0.3 is 26.6 Å². The van der Waals surface area contributed by atoms with Crippen LogP contribution in [0.5, 0.6) is 0 Å². The zero-order chi connectivity index (χ0) is 16.3. The van der Waals surface area contributed by atoms with E-state index < -0.39 is 30.2 Å². The van der Waals surface area contributed by atoms with Crippen molar-refractivity contribution in [3.63, 3.8) is 0 Å². The fraction of sp³-hybridized carbons (Fsp3) is 0.467. The fourth-order valence-electron chi connectivity index (χ4n) is 2.66. The second kappa shape index (κ2) is 6.87. The van der Waals surface area contributed by atoms with E-state index in [0.29, 0.717) is 0 Å². The van der Waals surface area contributed by atoms with Crippen LogP contribution in [0.15, 0.2) is 24.3 Å². The predicted molar refractivity (Wildman–Crippen MR) is 79.5 cm³/mol. The number of aliphatic hydroxyl groups is 1. The topological polar surface area (TPSA) is 130 Å². The molecule has 1 aliphatic rings. The van der Waals surface area contributed by atoms with Gasteiger partial charge in [-0.2, -0.15) is 0 Å². The first-order valence-electron chi connectivity index (χ1n) is 7.19. The molecule has 7 nitrogen and oxygen atoms in total. The second-order valence-corrected chi connectivity index (χ2v) is 5.54. The maximum absolute atomic E-state index is 12.5. The van der Waals surface area contributed by atoms with Crippen LogP contribution in [-0.2, 0) is 22.6 Å². The van der Waals surface area contributed by atoms with Gasteiger partial charge in [0.1, 0.15) is 12.3 Å². The highest BCUT2D eigenvalue weighted by Gasteiger charge is 2.36. The summed E-state index contributed by atoms with van der Waals surface area (Å²) in [6.07, 6.45) is -0.365. The van der Waals surface area contributed by atoms with E-state index in [1.165, 1.54) is 4.90 Å². The molecule has 2 rings (SSSR count). The molecule has 0 saturated carbocycles. The largest absolute Gasteiger partial charge is 0.480 e. The molecule has 2 unspecified atom stereocenters. The standard InChI is InChI=1S/C15H21N3O4/c16-11(5-6-13(17)19)14(20)18-8-10-4-2-1-3-9(10)7-12(18)15(21)22/h1-4,11-13,19H,5-8,16-17H2,(H,21,22)/t11?,12-,13?/m0/s1. The summed E-state index contributed by atoms with van der Waals surface area (Å²) in [6.45, 7) is 0.227. The maximum atomic E-state index is 12.5. The van der Waals surface area contributed by atoms with Gasteiger partial charge in [0.2, 0.25) is 5.91 Å². The van der Waals surface area contributed by atoms with Gasteiger partial charge in [-0.05, 0) is 24.0 Å². The lowest BCUT2D eigenvalue weighted by atomic mass is 9.93. The zero-order valence-corrected chi connectivity index (χ0v) is 12.2. The number of carboxylic acid groups (broad SMARTS) is 1. The van der Waals surface area contributed by atoms with Gasteiger partial charge in [-0.1, -0.05) is 24.3 Å². The normalized spacial score (nSPS) is 20.1. The number of nitrogens with zero attached hydrogens (tertiary/aromatic N) is 1. The average molecular weight is 307 g/mol. The minimum Gasteiger partial charge on any atom is -0.480 e. The van der Waals surface area contributed by atoms with Crippen molar-refractivity contribution in [2.75, 3.05) is 0 Å². The molecule has 0 saturated heterocycles. The molecule has 0 radical (unpaired) electrons. The number of hydrogen-bond donors (Lipinski definition) is 4. The summed E-state index contributed by atoms with van der Waals surface area (Å²) in [5.41, 5.74) is 12.9. The van der Waals surface area contributed by atoms with E-state index in [4.69, 9.17) is 16.6 Å². The van der Waals surface area contributed by atoms with E-state index in [9.17, 15) is 14.7 Å². The summed E-state index contributed by atoms with van der Waals surface area (Å²) < 4.78 is 0. The van der Waals surface area contributed by atoms with Crippen molar-refractivity contribution in [1.29, 1.82) is 0 Å². The number of aliphatic carboxylic acids is 1. The number of nitrogens with two attached hydrogens (primary N) is 2. The summed E-state index contributed by atoms with van der Waals surface area (Å²) in [4.78, 5) is 25.2. The molecule has 0 spiro atoms. The van der Waals surface area contributed by atoms with Gasteiger partial charge in [-0.25, -0.2) is 4.79 Å². The van der Waals surface area contributed by atoms with Crippen LogP contribution in [-0.4, -0.2) is 45.3 Å². The molecule has 1 amide bonds. The van der Waals surface area contributed by atoms with E-state index in [0.717, 1.165) is 11.1 Å². The molecular weight excluding hydrogens is 286 g/mol. The minimum atomic E-state index is -1.05. The number of fused-ring (bicyclic) bond motifs is 1. The number of aliphatic hydroxyl groups excluding tert-OH is 1. The van der Waals surface area contributed by atoms with Gasteiger partial charge in [-0.15, -0.1) is 0 Å². The zero-order valence-electron chi connectivity index (χ0n) is 12.2. The lowest BCUT2D eigenvalue weighted by Crippen LogP contribution is -2.54. The van der Waals surface area contributed by atoms with Crippen LogP contribution in [0.1, 0.15) is 24.0 Å². The van der Waals surface area contributed by atoms with Gasteiger partial charge in [-0.3, -0.25) is 4.79 Å². The van der Waals surface area contributed by atoms with E-state index in [-0.39, 0.29) is 25.8 Å². The Morgan fingerprint density at radius 1 is 1.23 bits per heavy atom. The highest BCUT2D eigenvalue weighted by Crippen LogP contribution is 2.24. The Labute approximate surface area is 128 Å². The average Bonchev–Trinajstić information content (AvgIpc) is 2.50. The number of rotatable bonds is 5. The first-order valence-corrected chi connectivity index (χ1v) is 7.19. The molecule has 0 aromatic heterocycles. The highest BCUT2D eigenvalue weighted by atomic mass is 16.4. The molecule has 0 bridgehead atoms. The maximum Gasteiger partial charge on any atom is 0.326 e. The van der Waals surface area contributed by atoms with Gasteiger partial charge in [0.05, 0.1) is 6.04 Å². The van der Waals surface area contributed by atoms with Crippen molar-refractivity contribution in [1.82, 2.24) is 4.90 Å². The molecular formula is C15H21N3O4. The van der Waals surface area contributed by atoms with Crippen molar-refractivity contribution in [2.24, 2.45) is 11.5 Å². The van der Waals surface area contributed by atoms with Crippen molar-refractivity contribution in [3.05, 3.63) is 35.4 Å². The Morgan fingerprint density at radius 3 is 2.45 bits per heavy atom. The lowest BCUT2D eigenvalue weighted by Gasteiger charge is -2.36. The molecule has 0 fully saturated rings. The van der Waals surface area contributed by atoms with Crippen LogP contribution in [0.4, 0.5) is 0 Å². The lowest BCUT2D eigenvalue weighted by molar-refractivity contribution is -0.152. The first-order chi connectivity index (χ1) is 10.4. The molecule has 6 N–H and O–H groups in total. The fourth-order valence-corrected chi connectivity index (χ4v) is 2.66. The molecule has 120 valence electrons. The Kier molecular flexibility index (Phi) is 5.12. The SMILES string of the molecule is NC(O)CCC(N)C(=O)N1Cc2ccccc2C[C@H]1C(=O)O. The van der Waals surface area contributed by atoms with Crippen LogP contribution in [0, 0.1) is 0 Å². The second-order valence-electron chi connectivity index (χ2n) is 5.54. The highest BCUT2D eigenvalue weighted by molar-refractivity contribution is 5.87. The monoisotopic (exact) mass is 307 g/mol. The molecule has 7 heteroatoms. The summed E-state index contributed by atoms with van der Waals surface area (Å²) in [5.74, 6) is -1.48. The van der Waals surface area contributed by atoms with Gasteiger partial charge in [0, 0.05) is 13.0 Å². The van der Waals surface area contributed by atoms with E-state index in [1.807, 2.05) is 24.3 Å². The van der Waals surface area contributed by atoms with Crippen molar-refractivity contribution in [2.45, 2.75) is 44.1 Å². The van der Waals surface area contributed by atoms with Crippen LogP contribution >= 0.6 is 0 Å². The summed E-state index contributed by atoms with van der Waals surface area (Å²) in [6, 6.07) is 5.67. The van der Waals surface area contributed by atoms with Gasteiger partial charge in [0.15, 0.2) is 0 Å². The number of carboxylic acids is 1. The number of carbonyl (C=O) groups excluding carboxylic acids is 1. The molecule has 1 aromatic rings. The van der Waals surface area contributed by atoms with Crippen LogP contribution in [0.25, 0.3) is 0 Å². The van der Waals surface area contributed by atoms with Crippen molar-refractivity contribution < 1.29 is 19.8 Å². The molecule has 1 heterocycles. The van der Waals surface area contributed by atoms with Crippen LogP contribution < -0.4 is 11.5 Å². The molecule has 1 aromatic carbocycles. The predicted octanol–water partition coefficient (Wildman–Crippen LogP) is -0.591. The third-order valence-electron chi connectivity index (χ3n) is 3.91. The van der Waals surface area contributed by atoms with Crippen LogP contribution in [0.2, 0.25) is 0 Å². The van der Waals surface area contributed by atoms with Gasteiger partial charge >= 0.3 is 5.97 Å². The van der Waals surface area contributed by atoms with E-state index in [2.05, 4.69) is 0 Å². The van der Waals surface area contributed by atoms with E-state index >= 15 is 0 Å². The third kappa shape index (κ3) is 3.62. The van der Waals surface area contributed by atoms with Gasteiger partial charge in [0.25, 0.3) is 0 Å². The quantitative estimate of drug-likeness (QED) is 0.538. The first kappa shape index (κ1) is 16.4. The Bertz CT molecular complexity index is 561. The summed E-state index contributed by atoms with van der Waals surface area (Å²) in [5, 5.41) is 18.5. The van der Waals surface area contributed by atoms with Crippen LogP contribution in [0.3, 0.4) is 0 Å².